The molecular weight excluding hydrogens is 416 g/mol. The summed E-state index contributed by atoms with van der Waals surface area (Å²) in [7, 11) is 0. The van der Waals surface area contributed by atoms with Crippen LogP contribution in [0.15, 0.2) is 59.0 Å². The van der Waals surface area contributed by atoms with Gasteiger partial charge in [0.1, 0.15) is 0 Å². The van der Waals surface area contributed by atoms with Crippen LogP contribution in [-0.2, 0) is 13.1 Å². The first kappa shape index (κ1) is 28.1. The zero-order valence-corrected chi connectivity index (χ0v) is 22.1. The summed E-state index contributed by atoms with van der Waals surface area (Å²) in [5.41, 5.74) is 0. The minimum absolute atomic E-state index is 0.959. The normalized spacial score (nSPS) is 11.0. The third-order valence-corrected chi connectivity index (χ3v) is 6.44. The van der Waals surface area contributed by atoms with Crippen LogP contribution in [0.25, 0.3) is 0 Å². The molecule has 0 aliphatic heterocycles. The average Bonchev–Trinajstić information content (AvgIpc) is 2.87. The number of aromatic nitrogens is 2. The monoisotopic (exact) mass is 466 g/mol. The molecule has 0 aliphatic carbocycles. The zero-order chi connectivity index (χ0) is 24.1. The highest BCUT2D eigenvalue weighted by Crippen LogP contribution is 2.06. The summed E-state index contributed by atoms with van der Waals surface area (Å²) in [5, 5.41) is 2.24. The highest BCUT2D eigenvalue weighted by atomic mass is 14.9. The second-order valence-electron chi connectivity index (χ2n) is 9.59. The quantitative estimate of drug-likeness (QED) is 0.195. The number of hydrogen-bond acceptors (Lipinski definition) is 2. The summed E-state index contributed by atoms with van der Waals surface area (Å²) < 4.78 is 4.59. The molecule has 0 saturated carbocycles. The van der Waals surface area contributed by atoms with Crippen LogP contribution in [-0.4, -0.2) is 22.2 Å². The van der Waals surface area contributed by atoms with Gasteiger partial charge in [0.05, 0.1) is 10.7 Å². The highest BCUT2D eigenvalue weighted by molar-refractivity contribution is 4.94. The Hall–Kier alpha value is -2.10. The van der Waals surface area contributed by atoms with Crippen LogP contribution >= 0.6 is 0 Å². The van der Waals surface area contributed by atoms with Crippen LogP contribution in [0.1, 0.15) is 104 Å². The first-order valence-electron chi connectivity index (χ1n) is 14.1. The molecule has 0 atom stereocenters. The number of pyridine rings is 2. The first-order chi connectivity index (χ1) is 16.8. The number of nitrogens with zero attached hydrogens (tertiary/aromatic N) is 4. The molecule has 4 nitrogen and oxygen atoms in total. The maximum atomic E-state index is 4.71. The summed E-state index contributed by atoms with van der Waals surface area (Å²) >= 11 is 0. The van der Waals surface area contributed by atoms with Crippen molar-refractivity contribution in [3.05, 3.63) is 59.8 Å². The molecule has 0 unspecified atom stereocenters. The van der Waals surface area contributed by atoms with Crippen molar-refractivity contribution in [2.45, 2.75) is 117 Å². The van der Waals surface area contributed by atoms with Gasteiger partial charge in [0.15, 0.2) is 0 Å². The standard InChI is InChI=1S/C30H50N4/c1-3-5-7-10-14-22-32-30-19-27-34(28-20-30)24-16-12-9-11-15-23-33-25-17-29(18-26-33)31-21-13-8-6-4-2/h17-20,25-28H,3-16,21-24H2,1-2H3. The molecule has 0 bridgehead atoms. The lowest BCUT2D eigenvalue weighted by atomic mass is 10.1. The van der Waals surface area contributed by atoms with Crippen molar-refractivity contribution < 1.29 is 0 Å². The van der Waals surface area contributed by atoms with Crippen molar-refractivity contribution in [1.29, 1.82) is 0 Å². The lowest BCUT2D eigenvalue weighted by Crippen LogP contribution is -2.07. The van der Waals surface area contributed by atoms with Crippen molar-refractivity contribution in [3.63, 3.8) is 0 Å². The van der Waals surface area contributed by atoms with E-state index in [1.165, 1.54) is 89.9 Å². The molecule has 0 amide bonds. The Kier molecular flexibility index (Phi) is 15.9. The minimum atomic E-state index is 0.959. The van der Waals surface area contributed by atoms with Gasteiger partial charge < -0.3 is 9.13 Å². The molecule has 0 N–H and O–H groups in total. The average molecular weight is 467 g/mol. The maximum absolute atomic E-state index is 4.71. The van der Waals surface area contributed by atoms with E-state index in [-0.39, 0.29) is 0 Å². The molecular formula is C30H50N4. The molecule has 0 aromatic carbocycles. The van der Waals surface area contributed by atoms with Gasteiger partial charge in [-0.05, 0) is 49.9 Å². The van der Waals surface area contributed by atoms with Crippen molar-refractivity contribution in [3.8, 4) is 0 Å². The molecule has 4 heteroatoms. The van der Waals surface area contributed by atoms with Crippen LogP contribution < -0.4 is 10.7 Å². The van der Waals surface area contributed by atoms with Crippen molar-refractivity contribution in [2.24, 2.45) is 9.98 Å². The SMILES string of the molecule is CCCCCCCN=c1ccn(CCCCCCCn2ccc(=NCCCCCC)cc2)cc1. The summed E-state index contributed by atoms with van der Waals surface area (Å²) in [5.74, 6) is 0. The third kappa shape index (κ3) is 13.6. The van der Waals surface area contributed by atoms with Crippen molar-refractivity contribution in [1.82, 2.24) is 9.13 Å². The lowest BCUT2D eigenvalue weighted by molar-refractivity contribution is 0.533. The molecule has 0 spiro atoms. The van der Waals surface area contributed by atoms with E-state index < -0.39 is 0 Å². The topological polar surface area (TPSA) is 34.6 Å². The maximum Gasteiger partial charge on any atom is 0.0603 e. The van der Waals surface area contributed by atoms with E-state index in [0.717, 1.165) is 36.9 Å². The van der Waals surface area contributed by atoms with Crippen LogP contribution in [0.2, 0.25) is 0 Å². The number of unbranched alkanes of at least 4 members (excludes halogenated alkanes) is 11. The molecule has 2 heterocycles. The van der Waals surface area contributed by atoms with Gasteiger partial charge in [0.25, 0.3) is 0 Å². The second-order valence-corrected chi connectivity index (χ2v) is 9.59. The van der Waals surface area contributed by atoms with Gasteiger partial charge in [-0.25, -0.2) is 0 Å². The Morgan fingerprint density at radius 2 is 0.824 bits per heavy atom. The molecule has 190 valence electrons. The van der Waals surface area contributed by atoms with E-state index in [1.54, 1.807) is 0 Å². The Bertz CT molecular complexity index is 837. The van der Waals surface area contributed by atoms with E-state index in [2.05, 4.69) is 77.0 Å². The van der Waals surface area contributed by atoms with Gasteiger partial charge >= 0.3 is 0 Å². The van der Waals surface area contributed by atoms with Crippen LogP contribution in [0.3, 0.4) is 0 Å². The predicted molar refractivity (Wildman–Crippen MR) is 146 cm³/mol. The van der Waals surface area contributed by atoms with E-state index >= 15 is 0 Å². The molecule has 2 rings (SSSR count). The molecule has 0 saturated heterocycles. The molecule has 34 heavy (non-hydrogen) atoms. The molecule has 0 aliphatic rings. The van der Waals surface area contributed by atoms with E-state index in [0.29, 0.717) is 0 Å². The van der Waals surface area contributed by atoms with Crippen LogP contribution in [0, 0.1) is 0 Å². The van der Waals surface area contributed by atoms with E-state index in [1.807, 2.05) is 0 Å². The number of aryl methyl sites for hydroxylation is 2. The first-order valence-corrected chi connectivity index (χ1v) is 14.1. The Balaban J connectivity index is 1.52. The fourth-order valence-electron chi connectivity index (χ4n) is 4.20. The molecule has 0 radical (unpaired) electrons. The third-order valence-electron chi connectivity index (χ3n) is 6.44. The summed E-state index contributed by atoms with van der Waals surface area (Å²) in [6, 6.07) is 8.63. The van der Waals surface area contributed by atoms with Gasteiger partial charge in [-0.1, -0.05) is 78.1 Å². The van der Waals surface area contributed by atoms with Crippen molar-refractivity contribution >= 4 is 0 Å². The van der Waals surface area contributed by atoms with E-state index in [4.69, 9.17) is 4.99 Å². The Morgan fingerprint density at radius 1 is 0.471 bits per heavy atom. The van der Waals surface area contributed by atoms with Crippen LogP contribution in [0.5, 0.6) is 0 Å². The zero-order valence-electron chi connectivity index (χ0n) is 22.1. The molecule has 2 aromatic heterocycles. The van der Waals surface area contributed by atoms with Gasteiger partial charge in [0, 0.05) is 51.0 Å². The number of rotatable bonds is 19. The fraction of sp³-hybridized carbons (Fsp3) is 0.667. The lowest BCUT2D eigenvalue weighted by Gasteiger charge is -2.07. The van der Waals surface area contributed by atoms with E-state index in [9.17, 15) is 0 Å². The Morgan fingerprint density at radius 3 is 1.26 bits per heavy atom. The van der Waals surface area contributed by atoms with Gasteiger partial charge in [-0.15, -0.1) is 0 Å². The highest BCUT2D eigenvalue weighted by Gasteiger charge is 1.95. The smallest absolute Gasteiger partial charge is 0.0603 e. The van der Waals surface area contributed by atoms with Crippen molar-refractivity contribution in [2.75, 3.05) is 13.1 Å². The summed E-state index contributed by atoms with van der Waals surface area (Å²) in [6.45, 7) is 8.65. The number of hydrogen-bond donors (Lipinski definition) is 0. The molecule has 2 aromatic rings. The van der Waals surface area contributed by atoms with Gasteiger partial charge in [0.2, 0.25) is 0 Å². The van der Waals surface area contributed by atoms with Gasteiger partial charge in [-0.2, -0.15) is 0 Å². The largest absolute Gasteiger partial charge is 0.354 e. The Labute approximate surface area is 208 Å². The van der Waals surface area contributed by atoms with Gasteiger partial charge in [-0.3, -0.25) is 9.98 Å². The predicted octanol–water partition coefficient (Wildman–Crippen LogP) is 7.29. The summed E-state index contributed by atoms with van der Waals surface area (Å²) in [4.78, 5) is 9.39. The minimum Gasteiger partial charge on any atom is -0.354 e. The molecule has 0 fully saturated rings. The fourth-order valence-corrected chi connectivity index (χ4v) is 4.20. The summed E-state index contributed by atoms with van der Waals surface area (Å²) in [6.07, 6.45) is 26.8. The van der Waals surface area contributed by atoms with Crippen LogP contribution in [0.4, 0.5) is 0 Å². The second kappa shape index (κ2) is 19.2.